The molecule has 1 atom stereocenters. The maximum Gasteiger partial charge on any atom is 0.255 e. The number of carbonyl (C=O) groups is 3. The largest absolute Gasteiger partial charge is 0.322 e. The van der Waals surface area contributed by atoms with Gasteiger partial charge in [-0.15, -0.1) is 0 Å². The van der Waals surface area contributed by atoms with Crippen LogP contribution in [-0.4, -0.2) is 56.2 Å². The zero-order valence-corrected chi connectivity index (χ0v) is 22.2. The van der Waals surface area contributed by atoms with Gasteiger partial charge >= 0.3 is 0 Å². The molecule has 0 radical (unpaired) electrons. The van der Waals surface area contributed by atoms with Gasteiger partial charge in [0.25, 0.3) is 5.91 Å². The Morgan fingerprint density at radius 2 is 1.93 bits per heavy atom. The first kappa shape index (κ1) is 25.9. The number of carbonyl (C=O) groups excluding carboxylic acids is 3. The third-order valence-corrected chi connectivity index (χ3v) is 8.22. The van der Waals surface area contributed by atoms with Crippen LogP contribution in [-0.2, 0) is 22.7 Å². The van der Waals surface area contributed by atoms with E-state index in [2.05, 4.69) is 20.0 Å². The zero-order valence-electron chi connectivity index (χ0n) is 22.2. The molecule has 6 rings (SSSR count). The van der Waals surface area contributed by atoms with Gasteiger partial charge in [-0.1, -0.05) is 12.1 Å². The topological polar surface area (TPSA) is 91.9 Å². The van der Waals surface area contributed by atoms with E-state index in [4.69, 9.17) is 6.57 Å². The highest BCUT2D eigenvalue weighted by Gasteiger charge is 2.40. The number of fused-ring (bicyclic) bond motifs is 1. The van der Waals surface area contributed by atoms with Gasteiger partial charge in [0, 0.05) is 31.3 Å². The van der Waals surface area contributed by atoms with E-state index in [0.29, 0.717) is 23.4 Å². The first-order valence-electron chi connectivity index (χ1n) is 13.5. The Kier molecular flexibility index (Phi) is 6.68. The molecule has 0 spiro atoms. The van der Waals surface area contributed by atoms with Gasteiger partial charge in [0.2, 0.25) is 17.5 Å². The van der Waals surface area contributed by atoms with Gasteiger partial charge in [-0.25, -0.2) is 14.2 Å². The molecule has 1 N–H and O–H groups in total. The number of aromatic nitrogens is 2. The number of halogens is 1. The number of nitrogens with zero attached hydrogens (tertiary/aromatic N) is 5. The molecular formula is C30H29FN6O3. The average molecular weight is 541 g/mol. The lowest BCUT2D eigenvalue weighted by molar-refractivity contribution is -0.136. The van der Waals surface area contributed by atoms with Crippen molar-refractivity contribution in [3.8, 4) is 5.69 Å². The molecule has 3 aliphatic heterocycles. The summed E-state index contributed by atoms with van der Waals surface area (Å²) in [6.07, 6.45) is 5.63. The number of amides is 3. The van der Waals surface area contributed by atoms with Crippen LogP contribution < -0.4 is 5.32 Å². The number of hydrogen-bond acceptors (Lipinski definition) is 5. The Bertz CT molecular complexity index is 1570. The summed E-state index contributed by atoms with van der Waals surface area (Å²) in [4.78, 5) is 48.6. The highest BCUT2D eigenvalue weighted by molar-refractivity contribution is 6.05. The van der Waals surface area contributed by atoms with E-state index in [-0.39, 0.29) is 42.9 Å². The number of hydrogen-bond donors (Lipinski definition) is 1. The summed E-state index contributed by atoms with van der Waals surface area (Å²) in [6.45, 7) is 12.1. The number of imidazole rings is 1. The molecule has 1 unspecified atom stereocenters. The molecule has 9 nitrogen and oxygen atoms in total. The molecule has 3 aromatic rings. The molecule has 0 bridgehead atoms. The van der Waals surface area contributed by atoms with Crippen LogP contribution in [0.5, 0.6) is 0 Å². The number of nitrogens with one attached hydrogen (secondary N) is 1. The van der Waals surface area contributed by atoms with Crippen molar-refractivity contribution < 1.29 is 18.8 Å². The number of aryl methyl sites for hydroxylation is 1. The Morgan fingerprint density at radius 3 is 2.62 bits per heavy atom. The van der Waals surface area contributed by atoms with E-state index in [0.717, 1.165) is 48.4 Å². The standard InChI is InChI=1S/C30H29FN6O3/c1-18-14-36(17-33-18)26-4-3-19(11-25(26)32-2)15-35-9-7-20(8-10-35)22-12-21-16-37(30(40)23(21)13-24(22)31)27-5-6-28(38)34-29(27)39/h3-4,11-14,17,20,27H,5-10,15-16H2,1H3,(H,34,38,39). The first-order chi connectivity index (χ1) is 19.3. The molecule has 0 saturated carbocycles. The molecule has 2 saturated heterocycles. The third kappa shape index (κ3) is 4.77. The fourth-order valence-corrected chi connectivity index (χ4v) is 6.11. The van der Waals surface area contributed by atoms with Crippen LogP contribution in [0.4, 0.5) is 10.1 Å². The number of likely N-dealkylation sites (tertiary alicyclic amines) is 1. The Hall–Kier alpha value is -4.36. The molecule has 2 aromatic carbocycles. The number of imide groups is 1. The van der Waals surface area contributed by atoms with Gasteiger partial charge in [-0.3, -0.25) is 24.6 Å². The van der Waals surface area contributed by atoms with E-state index in [9.17, 15) is 14.4 Å². The molecule has 2 fully saturated rings. The normalized spacial score (nSPS) is 20.0. The predicted molar refractivity (Wildman–Crippen MR) is 144 cm³/mol. The maximum atomic E-state index is 15.3. The lowest BCUT2D eigenvalue weighted by Gasteiger charge is -2.32. The summed E-state index contributed by atoms with van der Waals surface area (Å²) >= 11 is 0. The smallest absolute Gasteiger partial charge is 0.255 e. The molecule has 204 valence electrons. The SMILES string of the molecule is [C-]#[N+]c1cc(CN2CCC(c3cc4c(cc3F)C(=O)N(C3CCC(=O)NC3=O)C4)CC2)ccc1-n1cnc(C)c1. The monoisotopic (exact) mass is 540 g/mol. The fourth-order valence-electron chi connectivity index (χ4n) is 6.11. The van der Waals surface area contributed by atoms with Crippen molar-refractivity contribution in [1.82, 2.24) is 24.7 Å². The quantitative estimate of drug-likeness (QED) is 0.390. The number of benzene rings is 2. The minimum absolute atomic E-state index is 0.0342. The lowest BCUT2D eigenvalue weighted by atomic mass is 9.87. The number of rotatable bonds is 5. The Balaban J connectivity index is 1.11. The second-order valence-electron chi connectivity index (χ2n) is 10.8. The van der Waals surface area contributed by atoms with Crippen molar-refractivity contribution in [2.24, 2.45) is 0 Å². The van der Waals surface area contributed by atoms with Crippen LogP contribution in [0.25, 0.3) is 10.5 Å². The zero-order chi connectivity index (χ0) is 28.0. The van der Waals surface area contributed by atoms with E-state index in [1.807, 2.05) is 35.9 Å². The van der Waals surface area contributed by atoms with Crippen molar-refractivity contribution in [1.29, 1.82) is 0 Å². The molecule has 1 aromatic heterocycles. The molecule has 3 amide bonds. The van der Waals surface area contributed by atoms with Crippen LogP contribution in [0.3, 0.4) is 0 Å². The summed E-state index contributed by atoms with van der Waals surface area (Å²) in [5.41, 5.74) is 4.97. The minimum atomic E-state index is -0.714. The predicted octanol–water partition coefficient (Wildman–Crippen LogP) is 4.01. The van der Waals surface area contributed by atoms with E-state index in [1.165, 1.54) is 11.0 Å². The van der Waals surface area contributed by atoms with E-state index >= 15 is 4.39 Å². The fraction of sp³-hybridized carbons (Fsp3) is 0.367. The molecule has 0 aliphatic carbocycles. The molecular weight excluding hydrogens is 511 g/mol. The van der Waals surface area contributed by atoms with Crippen molar-refractivity contribution in [2.45, 2.75) is 57.7 Å². The highest BCUT2D eigenvalue weighted by Crippen LogP contribution is 2.36. The van der Waals surface area contributed by atoms with Gasteiger partial charge in [0.05, 0.1) is 24.3 Å². The number of piperidine rings is 2. The average Bonchev–Trinajstić information content (AvgIpc) is 3.51. The first-order valence-corrected chi connectivity index (χ1v) is 13.5. The van der Waals surface area contributed by atoms with Gasteiger partial charge in [-0.2, -0.15) is 0 Å². The summed E-state index contributed by atoms with van der Waals surface area (Å²) in [5.74, 6) is -1.52. The van der Waals surface area contributed by atoms with Crippen molar-refractivity contribution >= 4 is 23.4 Å². The van der Waals surface area contributed by atoms with Crippen LogP contribution in [0.2, 0.25) is 0 Å². The van der Waals surface area contributed by atoms with Crippen molar-refractivity contribution in [2.75, 3.05) is 13.1 Å². The molecule has 40 heavy (non-hydrogen) atoms. The maximum absolute atomic E-state index is 15.3. The van der Waals surface area contributed by atoms with Crippen LogP contribution in [0.15, 0.2) is 42.9 Å². The van der Waals surface area contributed by atoms with Crippen LogP contribution in [0, 0.1) is 19.3 Å². The highest BCUT2D eigenvalue weighted by atomic mass is 19.1. The summed E-state index contributed by atoms with van der Waals surface area (Å²) in [5, 5.41) is 2.30. The lowest BCUT2D eigenvalue weighted by Crippen LogP contribution is -2.52. The summed E-state index contributed by atoms with van der Waals surface area (Å²) < 4.78 is 17.1. The van der Waals surface area contributed by atoms with Crippen molar-refractivity contribution in [3.05, 3.63) is 88.0 Å². The van der Waals surface area contributed by atoms with Crippen LogP contribution in [0.1, 0.15) is 64.3 Å². The minimum Gasteiger partial charge on any atom is -0.322 e. The summed E-state index contributed by atoms with van der Waals surface area (Å²) in [7, 11) is 0. The Morgan fingerprint density at radius 1 is 1.12 bits per heavy atom. The second-order valence-corrected chi connectivity index (χ2v) is 10.8. The van der Waals surface area contributed by atoms with E-state index < -0.39 is 11.9 Å². The Labute approximate surface area is 231 Å². The van der Waals surface area contributed by atoms with Gasteiger partial charge in [-0.05, 0) is 80.1 Å². The molecule has 3 aliphatic rings. The van der Waals surface area contributed by atoms with Gasteiger partial charge < -0.3 is 9.47 Å². The molecule has 10 heteroatoms. The van der Waals surface area contributed by atoms with Gasteiger partial charge in [0.15, 0.2) is 0 Å². The van der Waals surface area contributed by atoms with Gasteiger partial charge in [0.1, 0.15) is 11.9 Å². The third-order valence-electron chi connectivity index (χ3n) is 8.22. The van der Waals surface area contributed by atoms with E-state index in [1.54, 1.807) is 12.4 Å². The summed E-state index contributed by atoms with van der Waals surface area (Å²) in [6, 6.07) is 8.32. The second kappa shape index (κ2) is 10.3. The van der Waals surface area contributed by atoms with Crippen molar-refractivity contribution in [3.63, 3.8) is 0 Å². The van der Waals surface area contributed by atoms with Crippen LogP contribution >= 0.6 is 0 Å². The molecule has 4 heterocycles.